The summed E-state index contributed by atoms with van der Waals surface area (Å²) < 4.78 is 0. The first-order valence-electron chi connectivity index (χ1n) is 7.39. The van der Waals surface area contributed by atoms with E-state index in [1.807, 2.05) is 11.0 Å². The minimum atomic E-state index is -0.246. The number of carbonyl (C=O) groups is 3. The number of nitrogens with one attached hydrogen (secondary N) is 1. The van der Waals surface area contributed by atoms with Crippen molar-refractivity contribution in [2.75, 3.05) is 39.3 Å². The number of amides is 2. The Balaban J connectivity index is 1.74. The zero-order chi connectivity index (χ0) is 15.9. The third kappa shape index (κ3) is 4.66. The fourth-order valence-corrected chi connectivity index (χ4v) is 2.43. The molecule has 6 nitrogen and oxygen atoms in total. The van der Waals surface area contributed by atoms with Crippen LogP contribution in [-0.4, -0.2) is 66.7 Å². The maximum Gasteiger partial charge on any atom is 0.251 e. The number of nitrogens with zero attached hydrogens (tertiary/aromatic N) is 2. The molecule has 1 aromatic rings. The van der Waals surface area contributed by atoms with Crippen molar-refractivity contribution >= 4 is 17.6 Å². The summed E-state index contributed by atoms with van der Waals surface area (Å²) in [6.07, 6.45) is 0. The molecule has 2 rings (SSSR count). The van der Waals surface area contributed by atoms with Crippen LogP contribution < -0.4 is 5.32 Å². The van der Waals surface area contributed by atoms with Gasteiger partial charge in [-0.15, -0.1) is 0 Å². The van der Waals surface area contributed by atoms with Gasteiger partial charge in [0.1, 0.15) is 5.78 Å². The highest BCUT2D eigenvalue weighted by Gasteiger charge is 2.21. The second-order valence-corrected chi connectivity index (χ2v) is 5.41. The SMILES string of the molecule is CC(=O)CN1CCN(C(=O)CNC(=O)c2ccccc2)CC1. The lowest BCUT2D eigenvalue weighted by molar-refractivity contribution is -0.132. The predicted octanol–water partition coefficient (Wildman–Crippen LogP) is 0.150. The molecule has 0 saturated carbocycles. The first-order valence-corrected chi connectivity index (χ1v) is 7.39. The lowest BCUT2D eigenvalue weighted by Crippen LogP contribution is -2.51. The van der Waals surface area contributed by atoms with E-state index < -0.39 is 0 Å². The Bertz CT molecular complexity index is 537. The predicted molar refractivity (Wildman–Crippen MR) is 82.5 cm³/mol. The van der Waals surface area contributed by atoms with E-state index in [-0.39, 0.29) is 24.1 Å². The molecule has 0 bridgehead atoms. The first-order chi connectivity index (χ1) is 10.6. The highest BCUT2D eigenvalue weighted by molar-refractivity contribution is 5.96. The number of piperazine rings is 1. The van der Waals surface area contributed by atoms with Gasteiger partial charge >= 0.3 is 0 Å². The van der Waals surface area contributed by atoms with Gasteiger partial charge in [0.05, 0.1) is 13.1 Å². The molecule has 0 unspecified atom stereocenters. The molecule has 1 fully saturated rings. The molecule has 1 N–H and O–H groups in total. The summed E-state index contributed by atoms with van der Waals surface area (Å²) in [5.74, 6) is -0.203. The Hall–Kier alpha value is -2.21. The number of hydrogen-bond acceptors (Lipinski definition) is 4. The summed E-state index contributed by atoms with van der Waals surface area (Å²) in [5.41, 5.74) is 0.543. The lowest BCUT2D eigenvalue weighted by atomic mass is 10.2. The molecule has 0 aromatic heterocycles. The van der Waals surface area contributed by atoms with Gasteiger partial charge in [0.2, 0.25) is 5.91 Å². The van der Waals surface area contributed by atoms with Crippen molar-refractivity contribution in [1.82, 2.24) is 15.1 Å². The van der Waals surface area contributed by atoms with Gasteiger partial charge < -0.3 is 10.2 Å². The van der Waals surface area contributed by atoms with Crippen molar-refractivity contribution in [2.45, 2.75) is 6.92 Å². The molecule has 0 radical (unpaired) electrons. The van der Waals surface area contributed by atoms with E-state index in [1.165, 1.54) is 0 Å². The second-order valence-electron chi connectivity index (χ2n) is 5.41. The van der Waals surface area contributed by atoms with E-state index >= 15 is 0 Å². The lowest BCUT2D eigenvalue weighted by Gasteiger charge is -2.34. The molecule has 0 aliphatic carbocycles. The normalized spacial score (nSPS) is 15.4. The minimum Gasteiger partial charge on any atom is -0.343 e. The number of rotatable bonds is 5. The second kappa shape index (κ2) is 7.70. The van der Waals surface area contributed by atoms with Crippen LogP contribution in [0.1, 0.15) is 17.3 Å². The van der Waals surface area contributed by atoms with Gasteiger partial charge in [0.25, 0.3) is 5.91 Å². The smallest absolute Gasteiger partial charge is 0.251 e. The van der Waals surface area contributed by atoms with Crippen molar-refractivity contribution in [3.8, 4) is 0 Å². The van der Waals surface area contributed by atoms with Crippen LogP contribution >= 0.6 is 0 Å². The summed E-state index contributed by atoms with van der Waals surface area (Å²) in [6, 6.07) is 8.82. The zero-order valence-corrected chi connectivity index (χ0v) is 12.7. The highest BCUT2D eigenvalue weighted by Crippen LogP contribution is 2.02. The summed E-state index contributed by atoms with van der Waals surface area (Å²) in [6.45, 7) is 4.57. The number of hydrogen-bond donors (Lipinski definition) is 1. The third-order valence-electron chi connectivity index (χ3n) is 3.61. The molecule has 6 heteroatoms. The van der Waals surface area contributed by atoms with Gasteiger partial charge in [0, 0.05) is 31.7 Å². The van der Waals surface area contributed by atoms with Crippen LogP contribution in [0.25, 0.3) is 0 Å². The summed E-state index contributed by atoms with van der Waals surface area (Å²) >= 11 is 0. The van der Waals surface area contributed by atoms with Crippen LogP contribution in [0, 0.1) is 0 Å². The molecule has 118 valence electrons. The molecular weight excluding hydrogens is 282 g/mol. The fourth-order valence-electron chi connectivity index (χ4n) is 2.43. The first kappa shape index (κ1) is 16.2. The monoisotopic (exact) mass is 303 g/mol. The van der Waals surface area contributed by atoms with Crippen LogP contribution in [-0.2, 0) is 9.59 Å². The summed E-state index contributed by atoms with van der Waals surface area (Å²) in [5, 5.41) is 2.64. The number of Topliss-reactive ketones (excluding diaryl/α,β-unsaturated/α-hetero) is 1. The van der Waals surface area contributed by atoms with E-state index in [0.717, 1.165) is 0 Å². The number of carbonyl (C=O) groups excluding carboxylic acids is 3. The molecule has 1 aliphatic heterocycles. The number of benzene rings is 1. The Labute approximate surface area is 130 Å². The van der Waals surface area contributed by atoms with Crippen LogP contribution in [0.15, 0.2) is 30.3 Å². The fraction of sp³-hybridized carbons (Fsp3) is 0.438. The maximum atomic E-state index is 12.1. The van der Waals surface area contributed by atoms with Gasteiger partial charge in [-0.25, -0.2) is 0 Å². The topological polar surface area (TPSA) is 69.7 Å². The average molecular weight is 303 g/mol. The van der Waals surface area contributed by atoms with E-state index in [9.17, 15) is 14.4 Å². The van der Waals surface area contributed by atoms with Crippen LogP contribution in [0.2, 0.25) is 0 Å². The van der Waals surface area contributed by atoms with Crippen molar-refractivity contribution in [3.63, 3.8) is 0 Å². The van der Waals surface area contributed by atoms with Crippen molar-refractivity contribution in [1.29, 1.82) is 0 Å². The Kier molecular flexibility index (Phi) is 5.66. The van der Waals surface area contributed by atoms with Crippen LogP contribution in [0.4, 0.5) is 0 Å². The summed E-state index contributed by atoms with van der Waals surface area (Å²) in [4.78, 5) is 38.8. The molecule has 1 heterocycles. The Morgan fingerprint density at radius 2 is 1.68 bits per heavy atom. The van der Waals surface area contributed by atoms with Crippen molar-refractivity contribution < 1.29 is 14.4 Å². The average Bonchev–Trinajstić information content (AvgIpc) is 2.53. The van der Waals surface area contributed by atoms with E-state index in [1.54, 1.807) is 36.1 Å². The molecule has 1 aliphatic rings. The Morgan fingerprint density at radius 3 is 2.27 bits per heavy atom. The summed E-state index contributed by atoms with van der Waals surface area (Å²) in [7, 11) is 0. The Morgan fingerprint density at radius 1 is 1.05 bits per heavy atom. The van der Waals surface area contributed by atoms with Gasteiger partial charge in [-0.3, -0.25) is 19.3 Å². The molecule has 0 atom stereocenters. The van der Waals surface area contributed by atoms with Gasteiger partial charge in [0.15, 0.2) is 0 Å². The zero-order valence-electron chi connectivity index (χ0n) is 12.7. The minimum absolute atomic E-state index is 0.000432. The largest absolute Gasteiger partial charge is 0.343 e. The highest BCUT2D eigenvalue weighted by atomic mass is 16.2. The molecule has 1 saturated heterocycles. The molecule has 22 heavy (non-hydrogen) atoms. The molecular formula is C16H21N3O3. The standard InChI is InChI=1S/C16H21N3O3/c1-13(20)12-18-7-9-19(10-8-18)15(21)11-17-16(22)14-5-3-2-4-6-14/h2-6H,7-12H2,1H3,(H,17,22). The van der Waals surface area contributed by atoms with Gasteiger partial charge in [-0.2, -0.15) is 0 Å². The van der Waals surface area contributed by atoms with E-state index in [2.05, 4.69) is 5.32 Å². The molecule has 2 amide bonds. The quantitative estimate of drug-likeness (QED) is 0.840. The van der Waals surface area contributed by atoms with E-state index in [4.69, 9.17) is 0 Å². The van der Waals surface area contributed by atoms with E-state index in [0.29, 0.717) is 38.3 Å². The molecule has 0 spiro atoms. The van der Waals surface area contributed by atoms with Gasteiger partial charge in [-0.05, 0) is 19.1 Å². The maximum absolute atomic E-state index is 12.1. The number of ketones is 1. The third-order valence-corrected chi connectivity index (χ3v) is 3.61. The van der Waals surface area contributed by atoms with Crippen molar-refractivity contribution in [2.24, 2.45) is 0 Å². The van der Waals surface area contributed by atoms with Crippen LogP contribution in [0.3, 0.4) is 0 Å². The molecule has 1 aromatic carbocycles. The van der Waals surface area contributed by atoms with Crippen molar-refractivity contribution in [3.05, 3.63) is 35.9 Å². The van der Waals surface area contributed by atoms with Crippen LogP contribution in [0.5, 0.6) is 0 Å². The van der Waals surface area contributed by atoms with Gasteiger partial charge in [-0.1, -0.05) is 18.2 Å².